The third-order valence-corrected chi connectivity index (χ3v) is 1.76. The number of carbonyl (C=O) groups excluding carboxylic acids is 1. The van der Waals surface area contributed by atoms with E-state index in [1.165, 1.54) is 0 Å². The van der Waals surface area contributed by atoms with Gasteiger partial charge in [0.1, 0.15) is 0 Å². The van der Waals surface area contributed by atoms with Gasteiger partial charge in [-0.25, -0.2) is 0 Å². The third kappa shape index (κ3) is 2.93. The van der Waals surface area contributed by atoms with Gasteiger partial charge in [-0.3, -0.25) is 9.78 Å². The summed E-state index contributed by atoms with van der Waals surface area (Å²) in [5, 5.41) is 8.45. The fraction of sp³-hybridized carbons (Fsp3) is 0.333. The number of amides is 1. The van der Waals surface area contributed by atoms with E-state index >= 15 is 0 Å². The molecule has 76 valence electrons. The minimum Gasteiger partial charge on any atom is -0.387 e. The standard InChI is InChI=1S/C9H14N4O/c1-10-7-3-8(5-12-4-7)13-6-9(14)11-2/h3-5,10,13H,6H2,1-2H3,(H,11,14). The molecule has 0 aromatic carbocycles. The molecule has 0 saturated heterocycles. The van der Waals surface area contributed by atoms with Crippen molar-refractivity contribution in [1.82, 2.24) is 10.3 Å². The molecule has 1 heterocycles. The summed E-state index contributed by atoms with van der Waals surface area (Å²) in [4.78, 5) is 14.9. The van der Waals surface area contributed by atoms with Gasteiger partial charge in [-0.2, -0.15) is 0 Å². The van der Waals surface area contributed by atoms with E-state index in [2.05, 4.69) is 20.9 Å². The zero-order valence-corrected chi connectivity index (χ0v) is 8.29. The third-order valence-electron chi connectivity index (χ3n) is 1.76. The summed E-state index contributed by atoms with van der Waals surface area (Å²) in [6.07, 6.45) is 3.38. The van der Waals surface area contributed by atoms with Crippen LogP contribution in [-0.2, 0) is 4.79 Å². The number of likely N-dealkylation sites (N-methyl/N-ethyl adjacent to an activating group) is 1. The number of carbonyl (C=O) groups is 1. The van der Waals surface area contributed by atoms with Gasteiger partial charge in [0.25, 0.3) is 0 Å². The molecule has 0 aliphatic heterocycles. The summed E-state index contributed by atoms with van der Waals surface area (Å²) in [7, 11) is 3.42. The molecular formula is C9H14N4O. The first-order chi connectivity index (χ1) is 6.76. The Kier molecular flexibility index (Phi) is 3.72. The minimum atomic E-state index is -0.0557. The molecule has 3 N–H and O–H groups in total. The van der Waals surface area contributed by atoms with Crippen molar-refractivity contribution in [3.05, 3.63) is 18.5 Å². The highest BCUT2D eigenvalue weighted by molar-refractivity contribution is 5.80. The maximum Gasteiger partial charge on any atom is 0.239 e. The van der Waals surface area contributed by atoms with E-state index in [-0.39, 0.29) is 12.5 Å². The topological polar surface area (TPSA) is 66.0 Å². The summed E-state index contributed by atoms with van der Waals surface area (Å²) in [5.41, 5.74) is 1.73. The Labute approximate surface area is 82.9 Å². The Morgan fingerprint density at radius 3 is 2.71 bits per heavy atom. The van der Waals surface area contributed by atoms with Crippen LogP contribution in [0.3, 0.4) is 0 Å². The van der Waals surface area contributed by atoms with Gasteiger partial charge in [0, 0.05) is 14.1 Å². The first kappa shape index (κ1) is 10.3. The van der Waals surface area contributed by atoms with Crippen LogP contribution in [0.15, 0.2) is 18.5 Å². The van der Waals surface area contributed by atoms with Gasteiger partial charge in [0.15, 0.2) is 0 Å². The summed E-state index contributed by atoms with van der Waals surface area (Å²) < 4.78 is 0. The van der Waals surface area contributed by atoms with Crippen LogP contribution >= 0.6 is 0 Å². The molecule has 0 unspecified atom stereocenters. The van der Waals surface area contributed by atoms with Crippen molar-refractivity contribution in [1.29, 1.82) is 0 Å². The lowest BCUT2D eigenvalue weighted by Gasteiger charge is -2.06. The Morgan fingerprint density at radius 2 is 2.07 bits per heavy atom. The van der Waals surface area contributed by atoms with Crippen LogP contribution in [0, 0.1) is 0 Å². The van der Waals surface area contributed by atoms with E-state index in [0.29, 0.717) is 0 Å². The molecule has 0 spiro atoms. The van der Waals surface area contributed by atoms with Gasteiger partial charge < -0.3 is 16.0 Å². The van der Waals surface area contributed by atoms with Crippen LogP contribution in [0.5, 0.6) is 0 Å². The first-order valence-electron chi connectivity index (χ1n) is 4.33. The van der Waals surface area contributed by atoms with Crippen molar-refractivity contribution < 1.29 is 4.79 Å². The maximum atomic E-state index is 10.9. The maximum absolute atomic E-state index is 10.9. The van der Waals surface area contributed by atoms with Crippen molar-refractivity contribution in [2.45, 2.75) is 0 Å². The average Bonchev–Trinajstić information content (AvgIpc) is 2.26. The summed E-state index contributed by atoms with van der Waals surface area (Å²) in [5.74, 6) is -0.0557. The van der Waals surface area contributed by atoms with Gasteiger partial charge in [0.2, 0.25) is 5.91 Å². The predicted octanol–water partition coefficient (Wildman–Crippen LogP) is 0.281. The number of anilines is 2. The van der Waals surface area contributed by atoms with E-state index in [0.717, 1.165) is 11.4 Å². The van der Waals surface area contributed by atoms with Crippen molar-refractivity contribution in [3.8, 4) is 0 Å². The molecule has 0 fully saturated rings. The molecule has 0 atom stereocenters. The van der Waals surface area contributed by atoms with Crippen molar-refractivity contribution in [2.24, 2.45) is 0 Å². The van der Waals surface area contributed by atoms with Crippen molar-refractivity contribution in [3.63, 3.8) is 0 Å². The number of pyridine rings is 1. The Bertz CT molecular complexity index is 313. The lowest BCUT2D eigenvalue weighted by molar-refractivity contribution is -0.118. The van der Waals surface area contributed by atoms with Gasteiger partial charge in [-0.1, -0.05) is 0 Å². The first-order valence-corrected chi connectivity index (χ1v) is 4.33. The number of aromatic nitrogens is 1. The lowest BCUT2D eigenvalue weighted by atomic mass is 10.3. The smallest absolute Gasteiger partial charge is 0.239 e. The second-order valence-electron chi connectivity index (χ2n) is 2.74. The predicted molar refractivity (Wildman–Crippen MR) is 56.3 cm³/mol. The van der Waals surface area contributed by atoms with Crippen LogP contribution in [0.4, 0.5) is 11.4 Å². The van der Waals surface area contributed by atoms with E-state index in [1.807, 2.05) is 13.1 Å². The number of hydrogen-bond donors (Lipinski definition) is 3. The second-order valence-corrected chi connectivity index (χ2v) is 2.74. The fourth-order valence-corrected chi connectivity index (χ4v) is 0.944. The van der Waals surface area contributed by atoms with Crippen molar-refractivity contribution in [2.75, 3.05) is 31.3 Å². The zero-order chi connectivity index (χ0) is 10.4. The van der Waals surface area contributed by atoms with E-state index in [9.17, 15) is 4.79 Å². The molecule has 0 saturated carbocycles. The van der Waals surface area contributed by atoms with Crippen LogP contribution < -0.4 is 16.0 Å². The van der Waals surface area contributed by atoms with E-state index in [1.54, 1.807) is 19.4 Å². The quantitative estimate of drug-likeness (QED) is 0.644. The lowest BCUT2D eigenvalue weighted by Crippen LogP contribution is -2.26. The number of hydrogen-bond acceptors (Lipinski definition) is 4. The highest BCUT2D eigenvalue weighted by Gasteiger charge is 1.98. The largest absolute Gasteiger partial charge is 0.387 e. The highest BCUT2D eigenvalue weighted by Crippen LogP contribution is 2.11. The van der Waals surface area contributed by atoms with Gasteiger partial charge >= 0.3 is 0 Å². The summed E-state index contributed by atoms with van der Waals surface area (Å²) >= 11 is 0. The molecule has 1 aromatic rings. The average molecular weight is 194 g/mol. The van der Waals surface area contributed by atoms with Gasteiger partial charge in [0.05, 0.1) is 30.3 Å². The molecule has 1 amide bonds. The Balaban J connectivity index is 2.54. The number of rotatable bonds is 4. The molecule has 0 bridgehead atoms. The molecule has 0 aliphatic rings. The van der Waals surface area contributed by atoms with Crippen molar-refractivity contribution >= 4 is 17.3 Å². The zero-order valence-electron chi connectivity index (χ0n) is 8.29. The van der Waals surface area contributed by atoms with E-state index in [4.69, 9.17) is 0 Å². The Morgan fingerprint density at radius 1 is 1.36 bits per heavy atom. The minimum absolute atomic E-state index is 0.0557. The van der Waals surface area contributed by atoms with Gasteiger partial charge in [-0.15, -0.1) is 0 Å². The van der Waals surface area contributed by atoms with Crippen LogP contribution in [0.2, 0.25) is 0 Å². The molecule has 0 radical (unpaired) electrons. The van der Waals surface area contributed by atoms with Crippen LogP contribution in [0.25, 0.3) is 0 Å². The molecule has 14 heavy (non-hydrogen) atoms. The molecular weight excluding hydrogens is 180 g/mol. The monoisotopic (exact) mass is 194 g/mol. The van der Waals surface area contributed by atoms with E-state index < -0.39 is 0 Å². The molecule has 5 nitrogen and oxygen atoms in total. The summed E-state index contributed by atoms with van der Waals surface area (Å²) in [6.45, 7) is 0.255. The normalized spacial score (nSPS) is 9.29. The van der Waals surface area contributed by atoms with Crippen LogP contribution in [-0.4, -0.2) is 31.5 Å². The van der Waals surface area contributed by atoms with Crippen LogP contribution in [0.1, 0.15) is 0 Å². The fourth-order valence-electron chi connectivity index (χ4n) is 0.944. The number of nitrogens with one attached hydrogen (secondary N) is 3. The summed E-state index contributed by atoms with van der Waals surface area (Å²) in [6, 6.07) is 1.88. The molecule has 1 rings (SSSR count). The molecule has 1 aromatic heterocycles. The number of nitrogens with zero attached hydrogens (tertiary/aromatic N) is 1. The molecule has 5 heteroatoms. The molecule has 0 aliphatic carbocycles. The second kappa shape index (κ2) is 5.06. The Hall–Kier alpha value is -1.78. The SMILES string of the molecule is CNC(=O)CNc1cncc(NC)c1. The highest BCUT2D eigenvalue weighted by atomic mass is 16.1. The van der Waals surface area contributed by atoms with Gasteiger partial charge in [-0.05, 0) is 6.07 Å².